The van der Waals surface area contributed by atoms with Crippen LogP contribution in [-0.2, 0) is 15.6 Å². The van der Waals surface area contributed by atoms with Crippen molar-refractivity contribution < 1.29 is 9.00 Å². The lowest BCUT2D eigenvalue weighted by Crippen LogP contribution is -2.41. The summed E-state index contributed by atoms with van der Waals surface area (Å²) < 4.78 is 11.5. The van der Waals surface area contributed by atoms with Gasteiger partial charge in [-0.1, -0.05) is 0 Å². The van der Waals surface area contributed by atoms with Gasteiger partial charge in [0.2, 0.25) is 0 Å². The minimum Gasteiger partial charge on any atom is -0.299 e. The van der Waals surface area contributed by atoms with E-state index in [2.05, 4.69) is 36.5 Å². The van der Waals surface area contributed by atoms with E-state index in [1.165, 1.54) is 6.26 Å². The van der Waals surface area contributed by atoms with Gasteiger partial charge in [0.15, 0.2) is 11.3 Å². The van der Waals surface area contributed by atoms with Crippen LogP contribution in [0.2, 0.25) is 0 Å². The first-order valence-electron chi connectivity index (χ1n) is 3.62. The molecule has 0 radical (unpaired) electrons. The van der Waals surface area contributed by atoms with Crippen molar-refractivity contribution in [2.24, 2.45) is 15.2 Å². The molecule has 2 aliphatic rings. The Bertz CT molecular complexity index is 428. The zero-order valence-electron chi connectivity index (χ0n) is 7.02. The lowest BCUT2D eigenvalue weighted by Gasteiger charge is -2.15. The van der Waals surface area contributed by atoms with Gasteiger partial charge in [-0.2, -0.15) is 5.11 Å². The largest absolute Gasteiger partial charge is 0.299 e. The number of carbonyl (C=O) groups is 1. The molecule has 2 atom stereocenters. The first kappa shape index (κ1) is 9.66. The molecule has 2 unspecified atom stereocenters. The van der Waals surface area contributed by atoms with Crippen LogP contribution in [0.4, 0.5) is 0 Å². The summed E-state index contributed by atoms with van der Waals surface area (Å²) in [7, 11) is -1.31. The molecule has 74 valence electrons. The van der Waals surface area contributed by atoms with Crippen molar-refractivity contribution in [3.05, 3.63) is 10.2 Å². The van der Waals surface area contributed by atoms with E-state index in [0.29, 0.717) is 10.2 Å². The molecule has 0 fully saturated rings. The van der Waals surface area contributed by atoms with Crippen LogP contribution in [0.5, 0.6) is 0 Å². The molecule has 2 rings (SSSR count). The number of rotatable bonds is 0. The smallest absolute Gasteiger partial charge is 0.260 e. The molecule has 2 heterocycles. The number of nitrogens with one attached hydrogen (secondary N) is 1. The molecule has 0 spiro atoms. The van der Waals surface area contributed by atoms with Gasteiger partial charge in [0.1, 0.15) is 10.2 Å². The van der Waals surface area contributed by atoms with Crippen LogP contribution in [0.25, 0.3) is 0 Å². The third-order valence-corrected chi connectivity index (χ3v) is 3.05. The molecule has 2 aliphatic heterocycles. The van der Waals surface area contributed by atoms with Gasteiger partial charge < -0.3 is 0 Å². The molecular weight excluding hydrogens is 272 g/mol. The molecule has 0 aromatic rings. The molecule has 0 aromatic heterocycles. The van der Waals surface area contributed by atoms with E-state index < -0.39 is 17.0 Å². The van der Waals surface area contributed by atoms with Crippen LogP contribution < -0.4 is 5.32 Å². The number of amides is 1. The minimum atomic E-state index is -1.31. The lowest BCUT2D eigenvalue weighted by molar-refractivity contribution is -0.116. The zero-order valence-corrected chi connectivity index (χ0v) is 9.42. The fourth-order valence-electron chi connectivity index (χ4n) is 1.08. The van der Waals surface area contributed by atoms with E-state index in [0.717, 1.165) is 0 Å². The predicted molar refractivity (Wildman–Crippen MR) is 54.2 cm³/mol. The maximum Gasteiger partial charge on any atom is 0.260 e. The number of fused-ring (bicyclic) bond motifs is 1. The number of halogens is 1. The average Bonchev–Trinajstić information content (AvgIpc) is 2.48. The average molecular weight is 277 g/mol. The Kier molecular flexibility index (Phi) is 2.31. The molecule has 0 saturated heterocycles. The van der Waals surface area contributed by atoms with E-state index >= 15 is 0 Å². The maximum atomic E-state index is 11.5. The van der Waals surface area contributed by atoms with Crippen LogP contribution >= 0.6 is 15.9 Å². The second-order valence-electron chi connectivity index (χ2n) is 2.64. The quantitative estimate of drug-likeness (QED) is 0.644. The summed E-state index contributed by atoms with van der Waals surface area (Å²) in [4.78, 5) is 15.4. The predicted octanol–water partition coefficient (Wildman–Crippen LogP) is 0.249. The van der Waals surface area contributed by atoms with Gasteiger partial charge in [0, 0.05) is 6.26 Å². The lowest BCUT2D eigenvalue weighted by atomic mass is 10.2. The summed E-state index contributed by atoms with van der Waals surface area (Å²) >= 11 is 3.09. The number of azo groups is 1. The molecule has 1 amide bonds. The molecule has 1 N–H and O–H groups in total. The van der Waals surface area contributed by atoms with Gasteiger partial charge in [-0.3, -0.25) is 14.3 Å². The SMILES string of the molecule is CS(=O)C1=NC2N=NC(Br)=C2C(=O)N1. The van der Waals surface area contributed by atoms with Crippen LogP contribution in [0.15, 0.2) is 25.4 Å². The van der Waals surface area contributed by atoms with Crippen molar-refractivity contribution in [3.8, 4) is 0 Å². The Labute approximate surface area is 90.2 Å². The number of amidine groups is 1. The molecule has 6 nitrogen and oxygen atoms in total. The Hall–Kier alpha value is -0.890. The Morgan fingerprint density at radius 3 is 2.93 bits per heavy atom. The fourth-order valence-corrected chi connectivity index (χ4v) is 2.04. The van der Waals surface area contributed by atoms with Crippen molar-refractivity contribution in [1.82, 2.24) is 5.32 Å². The molecule has 8 heteroatoms. The maximum absolute atomic E-state index is 11.5. The van der Waals surface area contributed by atoms with Crippen LogP contribution in [-0.4, -0.2) is 27.7 Å². The summed E-state index contributed by atoms with van der Waals surface area (Å²) in [6.07, 6.45) is 0.798. The summed E-state index contributed by atoms with van der Waals surface area (Å²) in [5, 5.41) is 9.99. The van der Waals surface area contributed by atoms with E-state index in [1.807, 2.05) is 0 Å². The van der Waals surface area contributed by atoms with E-state index in [4.69, 9.17) is 0 Å². The molecule has 0 aliphatic carbocycles. The summed E-state index contributed by atoms with van der Waals surface area (Å²) in [5.41, 5.74) is 0.360. The minimum absolute atomic E-state index is 0.143. The standard InChI is InChI=1S/C6H5BrN4O2S/c1-14(13)6-8-4-2(5(12)9-6)3(7)10-11-4/h4H,1H3,(H,8,9,12). The number of nitrogens with zero attached hydrogens (tertiary/aromatic N) is 3. The van der Waals surface area contributed by atoms with Crippen LogP contribution in [0.1, 0.15) is 0 Å². The number of aliphatic imine (C=N–C) groups is 1. The second kappa shape index (κ2) is 3.35. The van der Waals surface area contributed by atoms with Crippen molar-refractivity contribution in [2.45, 2.75) is 6.17 Å². The fraction of sp³-hybridized carbons (Fsp3) is 0.333. The van der Waals surface area contributed by atoms with E-state index in [1.54, 1.807) is 0 Å². The summed E-state index contributed by atoms with van der Waals surface area (Å²) in [6.45, 7) is 0. The van der Waals surface area contributed by atoms with E-state index in [-0.39, 0.29) is 11.1 Å². The van der Waals surface area contributed by atoms with E-state index in [9.17, 15) is 9.00 Å². The summed E-state index contributed by atoms with van der Waals surface area (Å²) in [5.74, 6) is -0.355. The highest BCUT2D eigenvalue weighted by Gasteiger charge is 2.34. The number of hydrogen-bond donors (Lipinski definition) is 1. The molecule has 14 heavy (non-hydrogen) atoms. The first-order chi connectivity index (χ1) is 6.59. The Morgan fingerprint density at radius 1 is 1.57 bits per heavy atom. The van der Waals surface area contributed by atoms with Crippen molar-refractivity contribution in [3.63, 3.8) is 0 Å². The zero-order chi connectivity index (χ0) is 10.3. The third kappa shape index (κ3) is 1.44. The second-order valence-corrected chi connectivity index (χ2v) is 4.68. The molecular formula is C6H5BrN4O2S. The third-order valence-electron chi connectivity index (χ3n) is 1.71. The summed E-state index contributed by atoms with van der Waals surface area (Å²) in [6, 6.07) is 0. The Balaban J connectivity index is 2.44. The Morgan fingerprint density at radius 2 is 2.29 bits per heavy atom. The van der Waals surface area contributed by atoms with Crippen LogP contribution in [0.3, 0.4) is 0 Å². The number of hydrogen-bond acceptors (Lipinski definition) is 5. The topological polar surface area (TPSA) is 83.2 Å². The van der Waals surface area contributed by atoms with Gasteiger partial charge in [-0.15, -0.1) is 5.11 Å². The first-order valence-corrected chi connectivity index (χ1v) is 5.98. The molecule has 0 aromatic carbocycles. The monoisotopic (exact) mass is 276 g/mol. The van der Waals surface area contributed by atoms with Gasteiger partial charge in [-0.05, 0) is 15.9 Å². The molecule has 0 saturated carbocycles. The van der Waals surface area contributed by atoms with Gasteiger partial charge in [-0.25, -0.2) is 4.99 Å². The van der Waals surface area contributed by atoms with Gasteiger partial charge in [0.25, 0.3) is 5.91 Å². The highest BCUT2D eigenvalue weighted by molar-refractivity contribution is 9.11. The number of carbonyl (C=O) groups excluding carboxylic acids is 1. The van der Waals surface area contributed by atoms with Crippen molar-refractivity contribution in [2.75, 3.05) is 6.26 Å². The highest BCUT2D eigenvalue weighted by Crippen LogP contribution is 2.29. The van der Waals surface area contributed by atoms with Crippen LogP contribution in [0, 0.1) is 0 Å². The molecule has 0 bridgehead atoms. The van der Waals surface area contributed by atoms with Gasteiger partial charge >= 0.3 is 0 Å². The van der Waals surface area contributed by atoms with Crippen molar-refractivity contribution in [1.29, 1.82) is 0 Å². The normalized spacial score (nSPS) is 27.1. The van der Waals surface area contributed by atoms with Gasteiger partial charge in [0.05, 0.1) is 10.8 Å². The highest BCUT2D eigenvalue weighted by atomic mass is 79.9. The van der Waals surface area contributed by atoms with Crippen molar-refractivity contribution >= 4 is 37.8 Å².